The number of hydrogen-bond acceptors (Lipinski definition) is 3. The van der Waals surface area contributed by atoms with Crippen LogP contribution in [0.3, 0.4) is 0 Å². The molecule has 1 aromatic carbocycles. The smallest absolute Gasteiger partial charge is 0.126 e. The highest BCUT2D eigenvalue weighted by molar-refractivity contribution is 9.10. The van der Waals surface area contributed by atoms with Crippen LogP contribution in [0.25, 0.3) is 0 Å². The molecule has 0 aromatic heterocycles. The van der Waals surface area contributed by atoms with Gasteiger partial charge in [-0.2, -0.15) is 0 Å². The molecule has 1 aromatic rings. The molecule has 92 valence electrons. The number of likely N-dealkylation sites (tertiary alicyclic amines) is 1. The fourth-order valence-corrected chi connectivity index (χ4v) is 3.28. The van der Waals surface area contributed by atoms with Crippen LogP contribution in [0.2, 0.25) is 0 Å². The Balaban J connectivity index is 1.96. The third-order valence-electron chi connectivity index (χ3n) is 3.73. The summed E-state index contributed by atoms with van der Waals surface area (Å²) < 4.78 is 7.14. The van der Waals surface area contributed by atoms with Gasteiger partial charge in [0.1, 0.15) is 11.4 Å². The fraction of sp³-hybridized carbons (Fsp3) is 0.538. The molecule has 2 aliphatic rings. The molecule has 0 radical (unpaired) electrons. The summed E-state index contributed by atoms with van der Waals surface area (Å²) in [7, 11) is 2.10. The average Bonchev–Trinajstić information content (AvgIpc) is 2.61. The van der Waals surface area contributed by atoms with Gasteiger partial charge in [-0.25, -0.2) is 0 Å². The average molecular weight is 298 g/mol. The third-order valence-corrected chi connectivity index (χ3v) is 4.22. The van der Waals surface area contributed by atoms with Gasteiger partial charge < -0.3 is 14.7 Å². The van der Waals surface area contributed by atoms with E-state index in [9.17, 15) is 5.11 Å². The van der Waals surface area contributed by atoms with Gasteiger partial charge in [-0.1, -0.05) is 15.9 Å². The molecule has 0 bridgehead atoms. The van der Waals surface area contributed by atoms with Crippen molar-refractivity contribution in [3.05, 3.63) is 28.2 Å². The SMILES string of the molecule is CN1CCC2(CC(O)c3cc(Br)ccc3O2)C1. The van der Waals surface area contributed by atoms with E-state index >= 15 is 0 Å². The van der Waals surface area contributed by atoms with Gasteiger partial charge in [-0.15, -0.1) is 0 Å². The zero-order valence-corrected chi connectivity index (χ0v) is 11.4. The first kappa shape index (κ1) is 11.5. The standard InChI is InChI=1S/C13H16BrNO2/c1-15-5-4-13(8-15)7-11(16)10-6-9(14)2-3-12(10)17-13/h2-3,6,11,16H,4-5,7-8H2,1H3. The van der Waals surface area contributed by atoms with Crippen LogP contribution in [0.4, 0.5) is 0 Å². The van der Waals surface area contributed by atoms with Crippen molar-refractivity contribution in [1.29, 1.82) is 0 Å². The highest BCUT2D eigenvalue weighted by Gasteiger charge is 2.44. The van der Waals surface area contributed by atoms with Gasteiger partial charge in [0.25, 0.3) is 0 Å². The molecule has 0 amide bonds. The number of likely N-dealkylation sites (N-methyl/N-ethyl adjacent to an activating group) is 1. The summed E-state index contributed by atoms with van der Waals surface area (Å²) in [5.41, 5.74) is 0.717. The molecule has 17 heavy (non-hydrogen) atoms. The van der Waals surface area contributed by atoms with Gasteiger partial charge in [-0.3, -0.25) is 0 Å². The van der Waals surface area contributed by atoms with Crippen LogP contribution < -0.4 is 4.74 Å². The van der Waals surface area contributed by atoms with Crippen molar-refractivity contribution in [3.8, 4) is 5.75 Å². The molecule has 0 aliphatic carbocycles. The number of aliphatic hydroxyl groups excluding tert-OH is 1. The fourth-order valence-electron chi connectivity index (χ4n) is 2.90. The van der Waals surface area contributed by atoms with Gasteiger partial charge in [0.15, 0.2) is 0 Å². The van der Waals surface area contributed by atoms with Crippen LogP contribution in [0, 0.1) is 0 Å². The van der Waals surface area contributed by atoms with E-state index in [4.69, 9.17) is 4.74 Å². The summed E-state index contributed by atoms with van der Waals surface area (Å²) in [6.45, 7) is 1.94. The van der Waals surface area contributed by atoms with E-state index in [1.807, 2.05) is 18.2 Å². The maximum absolute atomic E-state index is 10.3. The van der Waals surface area contributed by atoms with Crippen LogP contribution in [0.5, 0.6) is 5.75 Å². The Morgan fingerprint density at radius 3 is 3.06 bits per heavy atom. The number of rotatable bonds is 0. The van der Waals surface area contributed by atoms with Crippen LogP contribution in [0.15, 0.2) is 22.7 Å². The molecule has 3 rings (SSSR count). The largest absolute Gasteiger partial charge is 0.485 e. The van der Waals surface area contributed by atoms with Crippen LogP contribution in [-0.4, -0.2) is 35.7 Å². The summed E-state index contributed by atoms with van der Waals surface area (Å²) >= 11 is 3.43. The van der Waals surface area contributed by atoms with Gasteiger partial charge in [-0.05, 0) is 25.2 Å². The molecule has 4 heteroatoms. The summed E-state index contributed by atoms with van der Waals surface area (Å²) in [6, 6.07) is 5.86. The second-order valence-electron chi connectivity index (χ2n) is 5.17. The van der Waals surface area contributed by atoms with E-state index < -0.39 is 6.10 Å². The zero-order chi connectivity index (χ0) is 12.0. The summed E-state index contributed by atoms with van der Waals surface area (Å²) in [5, 5.41) is 10.3. The van der Waals surface area contributed by atoms with Gasteiger partial charge in [0, 0.05) is 36.0 Å². The molecule has 0 saturated carbocycles. The molecule has 1 saturated heterocycles. The second kappa shape index (κ2) is 3.97. The minimum absolute atomic E-state index is 0.186. The van der Waals surface area contributed by atoms with Crippen molar-refractivity contribution in [3.63, 3.8) is 0 Å². The molecule has 1 spiro atoms. The van der Waals surface area contributed by atoms with Gasteiger partial charge in [0.05, 0.1) is 6.10 Å². The maximum atomic E-state index is 10.3. The monoisotopic (exact) mass is 297 g/mol. The first-order chi connectivity index (χ1) is 8.08. The number of hydrogen-bond donors (Lipinski definition) is 1. The predicted molar refractivity (Wildman–Crippen MR) is 69.2 cm³/mol. The lowest BCUT2D eigenvalue weighted by Gasteiger charge is -2.38. The Morgan fingerprint density at radius 1 is 1.53 bits per heavy atom. The van der Waals surface area contributed by atoms with Crippen molar-refractivity contribution in [2.75, 3.05) is 20.1 Å². The Morgan fingerprint density at radius 2 is 2.35 bits per heavy atom. The summed E-state index contributed by atoms with van der Waals surface area (Å²) in [4.78, 5) is 2.26. The molecule has 2 atom stereocenters. The minimum atomic E-state index is -0.414. The molecule has 1 N–H and O–H groups in total. The highest BCUT2D eigenvalue weighted by Crippen LogP contribution is 2.44. The van der Waals surface area contributed by atoms with Crippen LogP contribution in [-0.2, 0) is 0 Å². The Labute approximate surface area is 110 Å². The molecule has 1 fully saturated rings. The molecule has 2 heterocycles. The van der Waals surface area contributed by atoms with Crippen LogP contribution in [0.1, 0.15) is 24.5 Å². The van der Waals surface area contributed by atoms with Crippen molar-refractivity contribution in [2.24, 2.45) is 0 Å². The van der Waals surface area contributed by atoms with E-state index in [0.29, 0.717) is 6.42 Å². The second-order valence-corrected chi connectivity index (χ2v) is 6.09. The summed E-state index contributed by atoms with van der Waals surface area (Å²) in [5.74, 6) is 0.835. The molecular formula is C13H16BrNO2. The van der Waals surface area contributed by atoms with E-state index in [1.54, 1.807) is 0 Å². The van der Waals surface area contributed by atoms with Crippen LogP contribution >= 0.6 is 15.9 Å². The Bertz CT molecular complexity index is 451. The van der Waals surface area contributed by atoms with Crippen molar-refractivity contribution in [1.82, 2.24) is 4.90 Å². The number of aliphatic hydroxyl groups is 1. The van der Waals surface area contributed by atoms with Crippen molar-refractivity contribution < 1.29 is 9.84 Å². The molecule has 2 aliphatic heterocycles. The maximum Gasteiger partial charge on any atom is 0.126 e. The molecule has 2 unspecified atom stereocenters. The lowest BCUT2D eigenvalue weighted by molar-refractivity contribution is -0.00582. The lowest BCUT2D eigenvalue weighted by atomic mass is 9.88. The third kappa shape index (κ3) is 1.98. The Hall–Kier alpha value is -0.580. The van der Waals surface area contributed by atoms with Gasteiger partial charge in [0.2, 0.25) is 0 Å². The zero-order valence-electron chi connectivity index (χ0n) is 9.82. The van der Waals surface area contributed by atoms with E-state index in [-0.39, 0.29) is 5.60 Å². The van der Waals surface area contributed by atoms with E-state index in [0.717, 1.165) is 35.3 Å². The predicted octanol–water partition coefficient (Wildman–Crippen LogP) is 2.34. The minimum Gasteiger partial charge on any atom is -0.485 e. The van der Waals surface area contributed by atoms with Crippen molar-refractivity contribution in [2.45, 2.75) is 24.5 Å². The Kier molecular flexibility index (Phi) is 2.69. The molecule has 3 nitrogen and oxygen atoms in total. The first-order valence-corrected chi connectivity index (χ1v) is 6.72. The number of halogens is 1. The number of benzene rings is 1. The number of nitrogens with zero attached hydrogens (tertiary/aromatic N) is 1. The van der Waals surface area contributed by atoms with Gasteiger partial charge >= 0.3 is 0 Å². The highest BCUT2D eigenvalue weighted by atomic mass is 79.9. The van der Waals surface area contributed by atoms with E-state index in [1.165, 1.54) is 0 Å². The number of fused-ring (bicyclic) bond motifs is 1. The lowest BCUT2D eigenvalue weighted by Crippen LogP contribution is -2.43. The van der Waals surface area contributed by atoms with E-state index in [2.05, 4.69) is 27.9 Å². The van der Waals surface area contributed by atoms with Crippen molar-refractivity contribution >= 4 is 15.9 Å². The normalized spacial score (nSPS) is 32.5. The summed E-state index contributed by atoms with van der Waals surface area (Å²) in [6.07, 6.45) is 1.28. The number of ether oxygens (including phenoxy) is 1. The first-order valence-electron chi connectivity index (χ1n) is 5.93. The molecular weight excluding hydrogens is 282 g/mol. The quantitative estimate of drug-likeness (QED) is 0.798. The topological polar surface area (TPSA) is 32.7 Å².